The summed E-state index contributed by atoms with van der Waals surface area (Å²) in [6, 6.07) is 18.7. The van der Waals surface area contributed by atoms with Crippen LogP contribution in [0.3, 0.4) is 0 Å². The Hall–Kier alpha value is -3.39. The number of aryl methyl sites for hydroxylation is 1. The highest BCUT2D eigenvalue weighted by Gasteiger charge is 2.32. The van der Waals surface area contributed by atoms with Crippen LogP contribution in [0.25, 0.3) is 0 Å². The summed E-state index contributed by atoms with van der Waals surface area (Å²) in [7, 11) is -2.50. The largest absolute Gasteiger partial charge is 0.496 e. The molecule has 8 heteroatoms. The van der Waals surface area contributed by atoms with E-state index in [0.717, 1.165) is 5.56 Å². The number of hydrogen-bond acceptors (Lipinski definition) is 5. The molecule has 156 valence electrons. The number of nitro benzene ring substituents is 1. The van der Waals surface area contributed by atoms with Crippen LogP contribution in [-0.2, 0) is 10.0 Å². The first-order chi connectivity index (χ1) is 14.3. The Morgan fingerprint density at radius 2 is 1.67 bits per heavy atom. The van der Waals surface area contributed by atoms with Gasteiger partial charge in [0.1, 0.15) is 5.75 Å². The molecule has 30 heavy (non-hydrogen) atoms. The topological polar surface area (TPSA) is 89.8 Å². The number of sulfonamides is 1. The molecule has 0 fully saturated rings. The van der Waals surface area contributed by atoms with Crippen LogP contribution in [0.5, 0.6) is 5.75 Å². The lowest BCUT2D eigenvalue weighted by molar-refractivity contribution is -0.384. The molecule has 0 spiro atoms. The van der Waals surface area contributed by atoms with Crippen molar-refractivity contribution in [2.45, 2.75) is 24.8 Å². The van der Waals surface area contributed by atoms with E-state index in [9.17, 15) is 18.5 Å². The molecule has 0 N–H and O–H groups in total. The summed E-state index contributed by atoms with van der Waals surface area (Å²) in [5.41, 5.74) is 1.93. The monoisotopic (exact) mass is 426 g/mol. The van der Waals surface area contributed by atoms with Crippen molar-refractivity contribution in [1.82, 2.24) is 0 Å². The molecule has 1 atom stereocenters. The van der Waals surface area contributed by atoms with Gasteiger partial charge in [-0.2, -0.15) is 0 Å². The lowest BCUT2D eigenvalue weighted by Crippen LogP contribution is -2.34. The van der Waals surface area contributed by atoms with Crippen molar-refractivity contribution in [3.8, 4) is 5.75 Å². The molecule has 0 amide bonds. The lowest BCUT2D eigenvalue weighted by Gasteiger charge is -2.31. The molecule has 0 bridgehead atoms. The number of anilines is 1. The highest BCUT2D eigenvalue weighted by Crippen LogP contribution is 2.37. The van der Waals surface area contributed by atoms with Crippen molar-refractivity contribution in [3.63, 3.8) is 0 Å². The number of hydrogen-bond donors (Lipinski definition) is 0. The fourth-order valence-electron chi connectivity index (χ4n) is 3.33. The third-order valence-corrected chi connectivity index (χ3v) is 6.71. The number of methoxy groups -OCH3 is 1. The molecule has 3 aromatic carbocycles. The normalized spacial score (nSPS) is 12.2. The van der Waals surface area contributed by atoms with Crippen LogP contribution in [0.15, 0.2) is 77.7 Å². The first-order valence-corrected chi connectivity index (χ1v) is 10.7. The van der Waals surface area contributed by atoms with E-state index in [1.54, 1.807) is 31.2 Å². The summed E-state index contributed by atoms with van der Waals surface area (Å²) >= 11 is 0. The van der Waals surface area contributed by atoms with E-state index in [-0.39, 0.29) is 10.6 Å². The Bertz CT molecular complexity index is 1160. The average Bonchev–Trinajstić information content (AvgIpc) is 2.73. The van der Waals surface area contributed by atoms with Crippen LogP contribution in [0.1, 0.15) is 24.1 Å². The summed E-state index contributed by atoms with van der Waals surface area (Å²) in [6.45, 7) is 3.66. The van der Waals surface area contributed by atoms with Gasteiger partial charge >= 0.3 is 0 Å². The second-order valence-electron chi connectivity index (χ2n) is 6.81. The Morgan fingerprint density at radius 3 is 2.27 bits per heavy atom. The van der Waals surface area contributed by atoms with E-state index in [1.807, 2.05) is 31.2 Å². The van der Waals surface area contributed by atoms with Crippen LogP contribution >= 0.6 is 0 Å². The highest BCUT2D eigenvalue weighted by molar-refractivity contribution is 7.92. The van der Waals surface area contributed by atoms with Gasteiger partial charge < -0.3 is 4.74 Å². The summed E-state index contributed by atoms with van der Waals surface area (Å²) in [6.07, 6.45) is 0. The summed E-state index contributed by atoms with van der Waals surface area (Å²) < 4.78 is 34.1. The second kappa shape index (κ2) is 8.54. The number of ether oxygens (including phenoxy) is 1. The van der Waals surface area contributed by atoms with Gasteiger partial charge in [-0.25, -0.2) is 8.42 Å². The lowest BCUT2D eigenvalue weighted by atomic mass is 10.1. The third-order valence-electron chi connectivity index (χ3n) is 4.80. The quantitative estimate of drug-likeness (QED) is 0.397. The minimum Gasteiger partial charge on any atom is -0.496 e. The minimum absolute atomic E-state index is 0.0312. The van der Waals surface area contributed by atoms with Gasteiger partial charge in [-0.15, -0.1) is 0 Å². The molecule has 0 aromatic heterocycles. The molecule has 0 saturated carbocycles. The van der Waals surface area contributed by atoms with Gasteiger partial charge in [-0.1, -0.05) is 30.3 Å². The molecule has 0 saturated heterocycles. The van der Waals surface area contributed by atoms with Crippen LogP contribution in [-0.4, -0.2) is 20.5 Å². The Labute approximate surface area is 175 Å². The first kappa shape index (κ1) is 21.3. The second-order valence-corrected chi connectivity index (χ2v) is 8.62. The summed E-state index contributed by atoms with van der Waals surface area (Å²) in [4.78, 5) is 10.4. The van der Waals surface area contributed by atoms with E-state index >= 15 is 0 Å². The number of benzene rings is 3. The Kier molecular flexibility index (Phi) is 6.07. The number of para-hydroxylation sites is 1. The number of rotatable bonds is 7. The molecule has 0 aliphatic heterocycles. The van der Waals surface area contributed by atoms with Crippen molar-refractivity contribution >= 4 is 21.4 Å². The maximum Gasteiger partial charge on any atom is 0.269 e. The molecular weight excluding hydrogens is 404 g/mol. The van der Waals surface area contributed by atoms with Crippen LogP contribution in [0.4, 0.5) is 11.4 Å². The zero-order valence-electron chi connectivity index (χ0n) is 16.8. The fraction of sp³-hybridized carbons (Fsp3) is 0.182. The van der Waals surface area contributed by atoms with E-state index < -0.39 is 21.0 Å². The Balaban J connectivity index is 2.17. The van der Waals surface area contributed by atoms with Crippen molar-refractivity contribution in [1.29, 1.82) is 0 Å². The molecule has 3 aromatic rings. The average molecular weight is 426 g/mol. The maximum absolute atomic E-state index is 13.7. The van der Waals surface area contributed by atoms with Gasteiger partial charge in [-0.05, 0) is 49.7 Å². The fourth-order valence-corrected chi connectivity index (χ4v) is 4.95. The molecule has 0 radical (unpaired) electrons. The van der Waals surface area contributed by atoms with Gasteiger partial charge in [-0.3, -0.25) is 14.4 Å². The van der Waals surface area contributed by atoms with Gasteiger partial charge in [0.15, 0.2) is 0 Å². The molecule has 0 aliphatic carbocycles. The van der Waals surface area contributed by atoms with Crippen molar-refractivity contribution < 1.29 is 18.1 Å². The van der Waals surface area contributed by atoms with Crippen molar-refractivity contribution in [2.75, 3.05) is 11.4 Å². The van der Waals surface area contributed by atoms with E-state index in [1.165, 1.54) is 35.7 Å². The zero-order chi connectivity index (χ0) is 21.9. The van der Waals surface area contributed by atoms with Gasteiger partial charge in [0.2, 0.25) is 0 Å². The SMILES string of the molecule is COc1ccccc1[C@H](C)N(c1cccc(C)c1)S(=O)(=O)c1ccc([N+](=O)[O-])cc1. The van der Waals surface area contributed by atoms with E-state index in [2.05, 4.69) is 0 Å². The van der Waals surface area contributed by atoms with E-state index in [0.29, 0.717) is 17.0 Å². The smallest absolute Gasteiger partial charge is 0.269 e. The van der Waals surface area contributed by atoms with Crippen LogP contribution in [0, 0.1) is 17.0 Å². The summed E-state index contributed by atoms with van der Waals surface area (Å²) in [5.74, 6) is 0.571. The molecule has 0 aliphatic rings. The van der Waals surface area contributed by atoms with Gasteiger partial charge in [0.05, 0.1) is 28.7 Å². The van der Waals surface area contributed by atoms with Crippen LogP contribution in [0.2, 0.25) is 0 Å². The van der Waals surface area contributed by atoms with Crippen molar-refractivity contribution in [2.24, 2.45) is 0 Å². The van der Waals surface area contributed by atoms with E-state index in [4.69, 9.17) is 4.74 Å². The first-order valence-electron chi connectivity index (χ1n) is 9.24. The highest BCUT2D eigenvalue weighted by atomic mass is 32.2. The number of non-ortho nitro benzene ring substituents is 1. The third kappa shape index (κ3) is 4.13. The van der Waals surface area contributed by atoms with Gasteiger partial charge in [0, 0.05) is 17.7 Å². The predicted molar refractivity (Wildman–Crippen MR) is 115 cm³/mol. The predicted octanol–water partition coefficient (Wildman–Crippen LogP) is 4.87. The number of nitrogens with zero attached hydrogens (tertiary/aromatic N) is 2. The van der Waals surface area contributed by atoms with Crippen LogP contribution < -0.4 is 9.04 Å². The Morgan fingerprint density at radius 1 is 1.00 bits per heavy atom. The maximum atomic E-state index is 13.7. The van der Waals surface area contributed by atoms with Gasteiger partial charge in [0.25, 0.3) is 15.7 Å². The minimum atomic E-state index is -4.03. The molecule has 3 rings (SSSR count). The molecule has 0 heterocycles. The molecule has 0 unspecified atom stereocenters. The number of nitro groups is 1. The standard InChI is InChI=1S/C22H22N2O5S/c1-16-7-6-8-19(15-16)23(17(2)21-9-4-5-10-22(21)29-3)30(27,28)20-13-11-18(12-14-20)24(25)26/h4-15,17H,1-3H3/t17-/m0/s1. The van der Waals surface area contributed by atoms with Crippen molar-refractivity contribution in [3.05, 3.63) is 94.0 Å². The summed E-state index contributed by atoms with van der Waals surface area (Å²) in [5, 5.41) is 11.0. The molecular formula is C22H22N2O5S. The zero-order valence-corrected chi connectivity index (χ0v) is 17.7. The molecule has 7 nitrogen and oxygen atoms in total.